The fraction of sp³-hybridized carbons (Fsp3) is 0.583. The van der Waals surface area contributed by atoms with E-state index in [4.69, 9.17) is 18.6 Å². The van der Waals surface area contributed by atoms with Crippen molar-refractivity contribution in [3.63, 3.8) is 0 Å². The molecule has 1 aromatic rings. The summed E-state index contributed by atoms with van der Waals surface area (Å²) in [4.78, 5) is 0. The van der Waals surface area contributed by atoms with E-state index in [0.29, 0.717) is 13.4 Å². The van der Waals surface area contributed by atoms with Crippen molar-refractivity contribution in [2.24, 2.45) is 5.41 Å². The van der Waals surface area contributed by atoms with Crippen LogP contribution in [0.3, 0.4) is 0 Å². The normalized spacial score (nSPS) is 26.7. The standard InChI is InChI=1S/C24H36O4Si/c1-24-15-13-20(18-7-9-19(26-3)10-8-18)21(14-16-27-17-25-2)22(24)11-12-23(24)28-29(4,5)6/h7-10,13,15,20,23H,11-12,14,16-17H2,1-6H3/t20-,23+,24+/m1/s1. The molecule has 1 saturated carbocycles. The number of allylic oxidation sites excluding steroid dienone is 1. The summed E-state index contributed by atoms with van der Waals surface area (Å²) in [6.45, 7) is 10.2. The summed E-state index contributed by atoms with van der Waals surface area (Å²) >= 11 is 0. The molecular weight excluding hydrogens is 380 g/mol. The predicted octanol–water partition coefficient (Wildman–Crippen LogP) is 5.68. The third-order valence-electron chi connectivity index (χ3n) is 6.06. The Labute approximate surface area is 177 Å². The summed E-state index contributed by atoms with van der Waals surface area (Å²) in [5.41, 5.74) is 4.32. The van der Waals surface area contributed by atoms with Crippen molar-refractivity contribution in [2.75, 3.05) is 27.6 Å². The summed E-state index contributed by atoms with van der Waals surface area (Å²) in [5, 5.41) is 0. The lowest BCUT2D eigenvalue weighted by atomic mass is 9.70. The van der Waals surface area contributed by atoms with Crippen molar-refractivity contribution >= 4 is 8.32 Å². The number of fused-ring (bicyclic) bond motifs is 1. The summed E-state index contributed by atoms with van der Waals surface area (Å²) in [6.07, 6.45) is 8.17. The number of hydrogen-bond acceptors (Lipinski definition) is 4. The van der Waals surface area contributed by atoms with E-state index in [0.717, 1.165) is 25.0 Å². The summed E-state index contributed by atoms with van der Waals surface area (Å²) < 4.78 is 22.7. The van der Waals surface area contributed by atoms with Crippen LogP contribution in [-0.4, -0.2) is 42.0 Å². The molecule has 0 aromatic heterocycles. The van der Waals surface area contributed by atoms with E-state index in [2.05, 4.69) is 50.8 Å². The maximum Gasteiger partial charge on any atom is 0.184 e. The first-order chi connectivity index (χ1) is 13.8. The molecule has 2 aliphatic rings. The second-order valence-corrected chi connectivity index (χ2v) is 13.7. The van der Waals surface area contributed by atoms with E-state index in [1.54, 1.807) is 19.8 Å². The molecule has 0 spiro atoms. The Balaban J connectivity index is 1.92. The molecule has 0 saturated heterocycles. The fourth-order valence-corrected chi connectivity index (χ4v) is 5.93. The number of rotatable bonds is 9. The van der Waals surface area contributed by atoms with E-state index < -0.39 is 8.32 Å². The van der Waals surface area contributed by atoms with Crippen LogP contribution in [0.1, 0.15) is 37.7 Å². The van der Waals surface area contributed by atoms with Gasteiger partial charge in [0.15, 0.2) is 8.32 Å². The second-order valence-electron chi connectivity index (χ2n) is 9.22. The SMILES string of the molecule is COCOCCC1=C2CC[C@H](O[Si](C)(C)C)[C@@]2(C)C=C[C@@H]1c1ccc(OC)cc1. The number of benzene rings is 1. The number of ether oxygens (including phenoxy) is 3. The summed E-state index contributed by atoms with van der Waals surface area (Å²) in [7, 11) is 1.76. The van der Waals surface area contributed by atoms with Gasteiger partial charge >= 0.3 is 0 Å². The molecule has 0 amide bonds. The van der Waals surface area contributed by atoms with Gasteiger partial charge in [-0.05, 0) is 63.5 Å². The quantitative estimate of drug-likeness (QED) is 0.225. The van der Waals surface area contributed by atoms with E-state index in [-0.39, 0.29) is 17.4 Å². The smallest absolute Gasteiger partial charge is 0.184 e. The van der Waals surface area contributed by atoms with Gasteiger partial charge in [-0.25, -0.2) is 0 Å². The zero-order chi connectivity index (χ0) is 21.1. The Morgan fingerprint density at radius 3 is 2.45 bits per heavy atom. The first-order valence-electron chi connectivity index (χ1n) is 10.6. The minimum Gasteiger partial charge on any atom is -0.497 e. The zero-order valence-corrected chi connectivity index (χ0v) is 19.8. The van der Waals surface area contributed by atoms with Gasteiger partial charge in [-0.1, -0.05) is 35.4 Å². The van der Waals surface area contributed by atoms with Crippen molar-refractivity contribution in [3.8, 4) is 5.75 Å². The molecule has 160 valence electrons. The van der Waals surface area contributed by atoms with E-state index in [1.165, 1.54) is 11.1 Å². The Kier molecular flexibility index (Phi) is 7.05. The summed E-state index contributed by atoms with van der Waals surface area (Å²) in [5.74, 6) is 1.17. The summed E-state index contributed by atoms with van der Waals surface area (Å²) in [6, 6.07) is 8.45. The maximum absolute atomic E-state index is 6.62. The van der Waals surface area contributed by atoms with E-state index >= 15 is 0 Å². The van der Waals surface area contributed by atoms with Gasteiger partial charge in [0, 0.05) is 18.4 Å². The van der Waals surface area contributed by atoms with Crippen molar-refractivity contribution in [1.29, 1.82) is 0 Å². The lowest BCUT2D eigenvalue weighted by molar-refractivity contribution is -0.0294. The zero-order valence-electron chi connectivity index (χ0n) is 18.8. The molecule has 1 fully saturated rings. The van der Waals surface area contributed by atoms with Gasteiger partial charge in [-0.15, -0.1) is 0 Å². The average Bonchev–Trinajstić information content (AvgIpc) is 3.00. The predicted molar refractivity (Wildman–Crippen MR) is 120 cm³/mol. The van der Waals surface area contributed by atoms with Crippen LogP contribution in [-0.2, 0) is 13.9 Å². The number of methoxy groups -OCH3 is 2. The van der Waals surface area contributed by atoms with Gasteiger partial charge < -0.3 is 18.6 Å². The third-order valence-corrected chi connectivity index (χ3v) is 7.05. The Morgan fingerprint density at radius 1 is 1.10 bits per heavy atom. The average molecular weight is 417 g/mol. The molecule has 0 unspecified atom stereocenters. The molecule has 1 aromatic carbocycles. The van der Waals surface area contributed by atoms with Gasteiger partial charge in [0.25, 0.3) is 0 Å². The van der Waals surface area contributed by atoms with Gasteiger partial charge in [0.05, 0.1) is 19.8 Å². The van der Waals surface area contributed by atoms with Crippen LogP contribution >= 0.6 is 0 Å². The number of hydrogen-bond donors (Lipinski definition) is 0. The minimum atomic E-state index is -1.61. The topological polar surface area (TPSA) is 36.9 Å². The van der Waals surface area contributed by atoms with Crippen LogP contribution in [0.15, 0.2) is 47.6 Å². The molecule has 5 heteroatoms. The van der Waals surface area contributed by atoms with Crippen LogP contribution in [0.4, 0.5) is 0 Å². The largest absolute Gasteiger partial charge is 0.497 e. The fourth-order valence-electron chi connectivity index (χ4n) is 4.72. The Hall–Kier alpha value is -1.40. The highest BCUT2D eigenvalue weighted by Gasteiger charge is 2.47. The van der Waals surface area contributed by atoms with Crippen LogP contribution in [0.25, 0.3) is 0 Å². The van der Waals surface area contributed by atoms with Crippen LogP contribution in [0.5, 0.6) is 5.75 Å². The van der Waals surface area contributed by atoms with Crippen molar-refractivity contribution in [1.82, 2.24) is 0 Å². The molecule has 4 nitrogen and oxygen atoms in total. The molecule has 0 bridgehead atoms. The molecule has 3 atom stereocenters. The first kappa shape index (κ1) is 22.3. The van der Waals surface area contributed by atoms with Crippen molar-refractivity contribution in [3.05, 3.63) is 53.1 Å². The van der Waals surface area contributed by atoms with Crippen molar-refractivity contribution in [2.45, 2.75) is 57.8 Å². The molecular formula is C24H36O4Si. The van der Waals surface area contributed by atoms with Crippen LogP contribution in [0.2, 0.25) is 19.6 Å². The highest BCUT2D eigenvalue weighted by molar-refractivity contribution is 6.69. The Bertz CT molecular complexity index is 747. The molecule has 0 radical (unpaired) electrons. The van der Waals surface area contributed by atoms with Crippen LogP contribution in [0, 0.1) is 5.41 Å². The molecule has 0 aliphatic heterocycles. The third kappa shape index (κ3) is 5.02. The Morgan fingerprint density at radius 2 is 1.83 bits per heavy atom. The van der Waals surface area contributed by atoms with Gasteiger partial charge in [-0.2, -0.15) is 0 Å². The molecule has 2 aliphatic carbocycles. The monoisotopic (exact) mass is 416 g/mol. The lowest BCUT2D eigenvalue weighted by Crippen LogP contribution is -2.39. The molecule has 0 heterocycles. The minimum absolute atomic E-state index is 0.0140. The second kappa shape index (κ2) is 9.17. The van der Waals surface area contributed by atoms with Gasteiger partial charge in [-0.3, -0.25) is 0 Å². The lowest BCUT2D eigenvalue weighted by Gasteiger charge is -2.39. The van der Waals surface area contributed by atoms with E-state index in [1.807, 2.05) is 12.1 Å². The van der Waals surface area contributed by atoms with Crippen LogP contribution < -0.4 is 4.74 Å². The van der Waals surface area contributed by atoms with Gasteiger partial charge in [0.1, 0.15) is 12.5 Å². The van der Waals surface area contributed by atoms with Gasteiger partial charge in [0.2, 0.25) is 0 Å². The van der Waals surface area contributed by atoms with E-state index in [9.17, 15) is 0 Å². The molecule has 0 N–H and O–H groups in total. The highest BCUT2D eigenvalue weighted by Crippen LogP contribution is 2.53. The van der Waals surface area contributed by atoms with Crippen molar-refractivity contribution < 1.29 is 18.6 Å². The molecule has 3 rings (SSSR count). The highest BCUT2D eigenvalue weighted by atomic mass is 28.4. The molecule has 29 heavy (non-hydrogen) atoms. The maximum atomic E-state index is 6.62. The first-order valence-corrected chi connectivity index (χ1v) is 14.0.